The zero-order valence-corrected chi connectivity index (χ0v) is 10.3. The van der Waals surface area contributed by atoms with Gasteiger partial charge in [-0.25, -0.2) is 9.66 Å². The summed E-state index contributed by atoms with van der Waals surface area (Å²) in [6, 6.07) is 18.1. The molecule has 0 aliphatic carbocycles. The highest BCUT2D eigenvalue weighted by molar-refractivity contribution is 5.80. The molecule has 19 heavy (non-hydrogen) atoms. The highest BCUT2D eigenvalue weighted by Crippen LogP contribution is 2.10. The van der Waals surface area contributed by atoms with Gasteiger partial charge in [-0.2, -0.15) is 5.10 Å². The monoisotopic (exact) mass is 247 g/mol. The summed E-state index contributed by atoms with van der Waals surface area (Å²) in [5, 5.41) is 4.35. The van der Waals surface area contributed by atoms with Crippen LogP contribution >= 0.6 is 0 Å². The predicted octanol–water partition coefficient (Wildman–Crippen LogP) is 3.58. The second kappa shape index (κ2) is 5.31. The molecule has 3 heteroatoms. The number of aromatic nitrogens is 2. The molecule has 0 atom stereocenters. The van der Waals surface area contributed by atoms with Crippen LogP contribution < -0.4 is 0 Å². The molecule has 92 valence electrons. The summed E-state index contributed by atoms with van der Waals surface area (Å²) in [5.41, 5.74) is 3.11. The van der Waals surface area contributed by atoms with E-state index < -0.39 is 0 Å². The number of para-hydroxylation sites is 2. The first-order valence-corrected chi connectivity index (χ1v) is 6.12. The van der Waals surface area contributed by atoms with Crippen molar-refractivity contribution in [1.82, 2.24) is 9.66 Å². The molecular formula is C16H13N3. The Balaban J connectivity index is 1.78. The van der Waals surface area contributed by atoms with Crippen LogP contribution in [0.4, 0.5) is 0 Å². The third-order valence-corrected chi connectivity index (χ3v) is 2.80. The van der Waals surface area contributed by atoms with Crippen LogP contribution in [0.15, 0.2) is 72.1 Å². The highest BCUT2D eigenvalue weighted by Gasteiger charge is 1.97. The normalized spacial score (nSPS) is 11.8. The number of benzene rings is 2. The number of nitrogens with zero attached hydrogens (tertiary/aromatic N) is 3. The van der Waals surface area contributed by atoms with Gasteiger partial charge in [0.05, 0.1) is 11.0 Å². The van der Waals surface area contributed by atoms with Gasteiger partial charge in [0.2, 0.25) is 0 Å². The molecule has 0 radical (unpaired) electrons. The minimum absolute atomic E-state index is 0.951. The third-order valence-electron chi connectivity index (χ3n) is 2.80. The van der Waals surface area contributed by atoms with Crippen LogP contribution in [0, 0.1) is 0 Å². The van der Waals surface area contributed by atoms with E-state index >= 15 is 0 Å². The van der Waals surface area contributed by atoms with Crippen molar-refractivity contribution in [3.8, 4) is 0 Å². The van der Waals surface area contributed by atoms with Crippen molar-refractivity contribution in [2.24, 2.45) is 5.10 Å². The summed E-state index contributed by atoms with van der Waals surface area (Å²) in [4.78, 5) is 4.28. The van der Waals surface area contributed by atoms with Crippen molar-refractivity contribution in [2.75, 3.05) is 0 Å². The quantitative estimate of drug-likeness (QED) is 0.650. The van der Waals surface area contributed by atoms with Crippen LogP contribution in [0.3, 0.4) is 0 Å². The lowest BCUT2D eigenvalue weighted by molar-refractivity contribution is 0.915. The molecule has 3 nitrogen and oxygen atoms in total. The van der Waals surface area contributed by atoms with Crippen LogP contribution in [0.1, 0.15) is 5.56 Å². The third kappa shape index (κ3) is 2.60. The predicted molar refractivity (Wildman–Crippen MR) is 79.1 cm³/mol. The standard InChI is InChI=1S/C16H13N3/c1-2-7-14(8-3-1)9-6-12-18-19-13-17-15-10-4-5-11-16(15)19/h1-13H. The van der Waals surface area contributed by atoms with Gasteiger partial charge in [-0.3, -0.25) is 0 Å². The Morgan fingerprint density at radius 1 is 0.947 bits per heavy atom. The maximum absolute atomic E-state index is 4.35. The maximum atomic E-state index is 4.35. The van der Waals surface area contributed by atoms with Crippen molar-refractivity contribution in [1.29, 1.82) is 0 Å². The molecule has 0 saturated carbocycles. The van der Waals surface area contributed by atoms with Crippen LogP contribution in [0.2, 0.25) is 0 Å². The van der Waals surface area contributed by atoms with E-state index in [9.17, 15) is 0 Å². The summed E-state index contributed by atoms with van der Waals surface area (Å²) < 4.78 is 1.77. The van der Waals surface area contributed by atoms with Gasteiger partial charge in [-0.05, 0) is 23.8 Å². The smallest absolute Gasteiger partial charge is 0.118 e. The Morgan fingerprint density at radius 3 is 2.63 bits per heavy atom. The number of hydrogen-bond acceptors (Lipinski definition) is 2. The molecule has 1 heterocycles. The Labute approximate surface area is 111 Å². The first-order valence-electron chi connectivity index (χ1n) is 6.12. The first kappa shape index (κ1) is 11.4. The van der Waals surface area contributed by atoms with Crippen molar-refractivity contribution >= 4 is 23.3 Å². The topological polar surface area (TPSA) is 30.2 Å². The molecule has 0 N–H and O–H groups in total. The summed E-state index contributed by atoms with van der Waals surface area (Å²) in [6.45, 7) is 0. The zero-order chi connectivity index (χ0) is 12.9. The molecule has 0 amide bonds. The lowest BCUT2D eigenvalue weighted by atomic mass is 10.2. The fourth-order valence-electron chi connectivity index (χ4n) is 1.87. The van der Waals surface area contributed by atoms with E-state index in [2.05, 4.69) is 22.2 Å². The van der Waals surface area contributed by atoms with E-state index in [1.165, 1.54) is 0 Å². The van der Waals surface area contributed by atoms with E-state index in [1.807, 2.05) is 54.6 Å². The van der Waals surface area contributed by atoms with Gasteiger partial charge in [-0.15, -0.1) is 0 Å². The van der Waals surface area contributed by atoms with Crippen molar-refractivity contribution in [3.05, 3.63) is 72.6 Å². The molecule has 1 aromatic heterocycles. The lowest BCUT2D eigenvalue weighted by Gasteiger charge is -1.93. The van der Waals surface area contributed by atoms with Crippen LogP contribution in [-0.4, -0.2) is 15.9 Å². The first-order chi connectivity index (χ1) is 9.43. The molecular weight excluding hydrogens is 234 g/mol. The fourth-order valence-corrected chi connectivity index (χ4v) is 1.87. The maximum Gasteiger partial charge on any atom is 0.118 e. The number of imidazole rings is 1. The van der Waals surface area contributed by atoms with Crippen LogP contribution in [-0.2, 0) is 0 Å². The van der Waals surface area contributed by atoms with Crippen LogP contribution in [0.5, 0.6) is 0 Å². The summed E-state index contributed by atoms with van der Waals surface area (Å²) in [5.74, 6) is 0. The van der Waals surface area contributed by atoms with Gasteiger partial charge < -0.3 is 0 Å². The minimum Gasteiger partial charge on any atom is -0.235 e. The zero-order valence-electron chi connectivity index (χ0n) is 10.3. The molecule has 0 spiro atoms. The van der Waals surface area contributed by atoms with Gasteiger partial charge >= 0.3 is 0 Å². The number of fused-ring (bicyclic) bond motifs is 1. The molecule has 0 bridgehead atoms. The summed E-state index contributed by atoms with van der Waals surface area (Å²) >= 11 is 0. The average molecular weight is 247 g/mol. The van der Waals surface area contributed by atoms with Gasteiger partial charge in [0, 0.05) is 6.21 Å². The van der Waals surface area contributed by atoms with Gasteiger partial charge in [0.1, 0.15) is 6.33 Å². The Bertz CT molecular complexity index is 724. The SMILES string of the molecule is C(=Cc1ccccc1)C=Nn1cnc2ccccc21. The highest BCUT2D eigenvalue weighted by atomic mass is 15.4. The van der Waals surface area contributed by atoms with Crippen molar-refractivity contribution in [3.63, 3.8) is 0 Å². The van der Waals surface area contributed by atoms with Gasteiger partial charge in [-0.1, -0.05) is 48.5 Å². The summed E-state index contributed by atoms with van der Waals surface area (Å²) in [6.07, 6.45) is 7.42. The molecule has 0 unspecified atom stereocenters. The lowest BCUT2D eigenvalue weighted by Crippen LogP contribution is -1.85. The van der Waals surface area contributed by atoms with E-state index in [0.29, 0.717) is 0 Å². The van der Waals surface area contributed by atoms with E-state index in [4.69, 9.17) is 0 Å². The van der Waals surface area contributed by atoms with E-state index in [0.717, 1.165) is 16.6 Å². The minimum atomic E-state index is 0.951. The van der Waals surface area contributed by atoms with Crippen molar-refractivity contribution < 1.29 is 0 Å². The molecule has 0 aliphatic rings. The number of rotatable bonds is 3. The second-order valence-electron chi connectivity index (χ2n) is 4.11. The number of hydrogen-bond donors (Lipinski definition) is 0. The molecule has 0 aliphatic heterocycles. The Kier molecular flexibility index (Phi) is 3.19. The summed E-state index contributed by atoms with van der Waals surface area (Å²) in [7, 11) is 0. The van der Waals surface area contributed by atoms with Gasteiger partial charge in [0.15, 0.2) is 0 Å². The van der Waals surface area contributed by atoms with Gasteiger partial charge in [0.25, 0.3) is 0 Å². The molecule has 3 rings (SSSR count). The largest absolute Gasteiger partial charge is 0.235 e. The molecule has 0 saturated heterocycles. The van der Waals surface area contributed by atoms with E-state index in [-0.39, 0.29) is 0 Å². The van der Waals surface area contributed by atoms with Crippen LogP contribution in [0.25, 0.3) is 17.1 Å². The second-order valence-corrected chi connectivity index (χ2v) is 4.11. The Morgan fingerprint density at radius 2 is 1.74 bits per heavy atom. The molecule has 3 aromatic rings. The molecule has 0 fully saturated rings. The fraction of sp³-hybridized carbons (Fsp3) is 0. The van der Waals surface area contributed by atoms with Crippen molar-refractivity contribution in [2.45, 2.75) is 0 Å². The Hall–Kier alpha value is -2.68. The average Bonchev–Trinajstić information content (AvgIpc) is 2.88. The van der Waals surface area contributed by atoms with E-state index in [1.54, 1.807) is 17.2 Å². The molecule has 2 aromatic carbocycles. The number of allylic oxidation sites excluding steroid dienone is 1.